The van der Waals surface area contributed by atoms with Gasteiger partial charge in [-0.05, 0) is 19.1 Å². The average Bonchev–Trinajstić information content (AvgIpc) is 2.22. The van der Waals surface area contributed by atoms with Crippen molar-refractivity contribution in [2.24, 2.45) is 5.73 Å². The average molecular weight is 231 g/mol. The van der Waals surface area contributed by atoms with Gasteiger partial charge in [0.2, 0.25) is 0 Å². The first-order valence-corrected chi connectivity index (χ1v) is 4.93. The molecule has 1 unspecified atom stereocenters. The summed E-state index contributed by atoms with van der Waals surface area (Å²) in [6.45, 7) is 1.47. The minimum atomic E-state index is -0.804. The molecule has 0 aliphatic heterocycles. The molecule has 3 nitrogen and oxygen atoms in total. The Morgan fingerprint density at radius 3 is 2.44 bits per heavy atom. The zero-order valence-electron chi connectivity index (χ0n) is 9.04. The quantitative estimate of drug-likeness (QED) is 0.806. The van der Waals surface area contributed by atoms with E-state index in [4.69, 9.17) is 15.6 Å². The van der Waals surface area contributed by atoms with Crippen LogP contribution in [0.3, 0.4) is 0 Å². The summed E-state index contributed by atoms with van der Waals surface area (Å²) in [5.41, 5.74) is 4.83. The smallest absolute Gasteiger partial charge is 0.190 e. The van der Waals surface area contributed by atoms with Crippen LogP contribution >= 0.6 is 0 Å². The van der Waals surface area contributed by atoms with E-state index in [2.05, 4.69) is 0 Å². The number of benzene rings is 1. The first-order valence-electron chi connectivity index (χ1n) is 4.93. The molecule has 0 amide bonds. The zero-order chi connectivity index (χ0) is 12.2. The minimum Gasteiger partial charge on any atom is -0.488 e. The molecule has 0 aromatic heterocycles. The van der Waals surface area contributed by atoms with Gasteiger partial charge in [0.25, 0.3) is 0 Å². The fourth-order valence-electron chi connectivity index (χ4n) is 1.09. The van der Waals surface area contributed by atoms with Crippen LogP contribution in [0.25, 0.3) is 0 Å². The number of ether oxygens (including phenoxy) is 1. The molecule has 0 radical (unpaired) electrons. The molecule has 0 fully saturated rings. The summed E-state index contributed by atoms with van der Waals surface area (Å²) in [4.78, 5) is 0. The van der Waals surface area contributed by atoms with Gasteiger partial charge in [-0.15, -0.1) is 0 Å². The number of hydrogen-bond acceptors (Lipinski definition) is 3. The molecule has 0 spiro atoms. The number of halogens is 2. The Morgan fingerprint density at radius 2 is 1.94 bits per heavy atom. The molecule has 0 bridgehead atoms. The fourth-order valence-corrected chi connectivity index (χ4v) is 1.09. The molecule has 0 aliphatic rings. The highest BCUT2D eigenvalue weighted by Crippen LogP contribution is 2.21. The Balaban J connectivity index is 2.56. The maximum absolute atomic E-state index is 13.1. The highest BCUT2D eigenvalue weighted by Gasteiger charge is 2.18. The van der Waals surface area contributed by atoms with Gasteiger partial charge in [0.1, 0.15) is 0 Å². The van der Waals surface area contributed by atoms with Gasteiger partial charge in [0.05, 0.1) is 13.2 Å². The molecule has 1 aromatic carbocycles. The molecule has 0 aliphatic carbocycles. The van der Waals surface area contributed by atoms with Crippen molar-refractivity contribution in [1.82, 2.24) is 0 Å². The predicted octanol–water partition coefficient (Wildman–Crippen LogP) is 1.44. The van der Waals surface area contributed by atoms with Crippen molar-refractivity contribution in [2.45, 2.75) is 18.9 Å². The monoisotopic (exact) mass is 231 g/mol. The van der Waals surface area contributed by atoms with Crippen LogP contribution in [0.4, 0.5) is 8.78 Å². The summed E-state index contributed by atoms with van der Waals surface area (Å²) in [6.07, 6.45) is 0.303. The highest BCUT2D eigenvalue weighted by atomic mass is 19.1. The molecule has 90 valence electrons. The molecule has 16 heavy (non-hydrogen) atoms. The lowest BCUT2D eigenvalue weighted by Gasteiger charge is -2.21. The van der Waals surface area contributed by atoms with Gasteiger partial charge in [0, 0.05) is 12.0 Å². The van der Waals surface area contributed by atoms with Crippen LogP contribution in [0.1, 0.15) is 13.3 Å². The molecule has 0 heterocycles. The van der Waals surface area contributed by atoms with Crippen LogP contribution in [-0.4, -0.2) is 23.9 Å². The van der Waals surface area contributed by atoms with Crippen molar-refractivity contribution in [3.8, 4) is 5.75 Å². The van der Waals surface area contributed by atoms with Gasteiger partial charge < -0.3 is 15.6 Å². The van der Waals surface area contributed by atoms with Crippen molar-refractivity contribution in [3.63, 3.8) is 0 Å². The summed E-state index contributed by atoms with van der Waals surface area (Å²) < 4.78 is 31.2. The zero-order valence-corrected chi connectivity index (χ0v) is 9.04. The third-order valence-corrected chi connectivity index (χ3v) is 2.20. The normalized spacial score (nSPS) is 14.6. The lowest BCUT2D eigenvalue weighted by molar-refractivity contribution is 0.171. The molecule has 0 saturated heterocycles. The minimum absolute atomic E-state index is 0.0470. The Hall–Kier alpha value is -1.20. The van der Waals surface area contributed by atoms with E-state index >= 15 is 0 Å². The Labute approximate surface area is 92.8 Å². The molecular formula is C11H15F2NO2. The molecular weight excluding hydrogens is 216 g/mol. The van der Waals surface area contributed by atoms with Crippen LogP contribution in [0.2, 0.25) is 0 Å². The van der Waals surface area contributed by atoms with Gasteiger partial charge in [-0.25, -0.2) is 8.78 Å². The Morgan fingerprint density at radius 1 is 1.38 bits per heavy atom. The van der Waals surface area contributed by atoms with Crippen molar-refractivity contribution >= 4 is 0 Å². The third-order valence-electron chi connectivity index (χ3n) is 2.20. The van der Waals surface area contributed by atoms with E-state index in [0.717, 1.165) is 12.1 Å². The largest absolute Gasteiger partial charge is 0.488 e. The molecule has 5 heteroatoms. The van der Waals surface area contributed by atoms with Gasteiger partial charge in [-0.2, -0.15) is 0 Å². The van der Waals surface area contributed by atoms with Crippen LogP contribution in [0, 0.1) is 11.6 Å². The molecule has 0 saturated carbocycles. The van der Waals surface area contributed by atoms with E-state index in [1.54, 1.807) is 6.92 Å². The van der Waals surface area contributed by atoms with Gasteiger partial charge >= 0.3 is 0 Å². The number of rotatable bonds is 5. The van der Waals surface area contributed by atoms with Crippen molar-refractivity contribution in [3.05, 3.63) is 29.8 Å². The maximum Gasteiger partial charge on any atom is 0.190 e. The van der Waals surface area contributed by atoms with Gasteiger partial charge in [-0.3, -0.25) is 0 Å². The van der Waals surface area contributed by atoms with Crippen molar-refractivity contribution in [2.75, 3.05) is 13.2 Å². The number of hydrogen-bond donors (Lipinski definition) is 2. The number of nitrogens with two attached hydrogens (primary N) is 1. The van der Waals surface area contributed by atoms with Gasteiger partial charge in [0.15, 0.2) is 17.4 Å². The van der Waals surface area contributed by atoms with E-state index in [0.29, 0.717) is 6.42 Å². The number of para-hydroxylation sites is 1. The summed E-state index contributed by atoms with van der Waals surface area (Å²) in [5.74, 6) is -1.90. The van der Waals surface area contributed by atoms with Crippen LogP contribution < -0.4 is 10.5 Å². The molecule has 1 rings (SSSR count). The SMILES string of the molecule is CC(N)(CO)CCOc1c(F)cccc1F. The van der Waals surface area contributed by atoms with Gasteiger partial charge in [-0.1, -0.05) is 6.07 Å². The lowest BCUT2D eigenvalue weighted by Crippen LogP contribution is -2.41. The second-order valence-electron chi connectivity index (χ2n) is 3.96. The highest BCUT2D eigenvalue weighted by molar-refractivity contribution is 5.25. The fraction of sp³-hybridized carbons (Fsp3) is 0.455. The molecule has 1 aromatic rings. The molecule has 1 atom stereocenters. The third kappa shape index (κ3) is 3.43. The standard InChI is InChI=1S/C11H15F2NO2/c1-11(14,7-15)5-6-16-10-8(12)3-2-4-9(10)13/h2-4,15H,5-7,14H2,1H3. The van der Waals surface area contributed by atoms with E-state index in [1.165, 1.54) is 6.07 Å². The van der Waals surface area contributed by atoms with Crippen LogP contribution in [0.5, 0.6) is 5.75 Å². The van der Waals surface area contributed by atoms with E-state index in [-0.39, 0.29) is 13.2 Å². The predicted molar refractivity (Wildman–Crippen MR) is 56.1 cm³/mol. The maximum atomic E-state index is 13.1. The number of aliphatic hydroxyl groups is 1. The molecule has 3 N–H and O–H groups in total. The van der Waals surface area contributed by atoms with E-state index in [1.807, 2.05) is 0 Å². The van der Waals surface area contributed by atoms with E-state index < -0.39 is 22.9 Å². The number of aliphatic hydroxyl groups excluding tert-OH is 1. The van der Waals surface area contributed by atoms with Crippen LogP contribution in [0.15, 0.2) is 18.2 Å². The van der Waals surface area contributed by atoms with Crippen molar-refractivity contribution in [1.29, 1.82) is 0 Å². The second kappa shape index (κ2) is 5.23. The first-order chi connectivity index (χ1) is 7.46. The van der Waals surface area contributed by atoms with Crippen molar-refractivity contribution < 1.29 is 18.6 Å². The summed E-state index contributed by atoms with van der Waals surface area (Å²) in [5, 5.41) is 8.87. The topological polar surface area (TPSA) is 55.5 Å². The Kier molecular flexibility index (Phi) is 4.20. The lowest BCUT2D eigenvalue weighted by atomic mass is 10.0. The summed E-state index contributed by atoms with van der Waals surface area (Å²) in [7, 11) is 0. The first kappa shape index (κ1) is 12.9. The summed E-state index contributed by atoms with van der Waals surface area (Å²) in [6, 6.07) is 3.50. The van der Waals surface area contributed by atoms with E-state index in [9.17, 15) is 8.78 Å². The summed E-state index contributed by atoms with van der Waals surface area (Å²) >= 11 is 0. The second-order valence-corrected chi connectivity index (χ2v) is 3.96. The Bertz CT molecular complexity index is 336. The van der Waals surface area contributed by atoms with Crippen LogP contribution in [-0.2, 0) is 0 Å².